The molecule has 13 heteroatoms. The molecule has 2 aromatic carbocycles. The first-order valence-corrected chi connectivity index (χ1v) is 15.2. The highest BCUT2D eigenvalue weighted by atomic mass is 127. The molecule has 0 aliphatic carbocycles. The van der Waals surface area contributed by atoms with Crippen LogP contribution in [0.15, 0.2) is 44.0 Å². The number of halogens is 8. The lowest BCUT2D eigenvalue weighted by Crippen LogP contribution is -2.51. The lowest BCUT2D eigenvalue weighted by atomic mass is 9.83. The normalized spacial score (nSPS) is 16.2. The Labute approximate surface area is 258 Å². The highest BCUT2D eigenvalue weighted by Crippen LogP contribution is 2.49. The van der Waals surface area contributed by atoms with E-state index in [1.807, 2.05) is 45.2 Å². The van der Waals surface area contributed by atoms with Gasteiger partial charge in [0.1, 0.15) is 11.5 Å². The SMILES string of the molecule is COc1ccc(CSc2c(F)c(F)c(C3=C4C(C)=C(I)C(C)=[N+]4[B-](F)(F)n4c(C)c(I)c(C)c43)c(F)c2F)cc1. The van der Waals surface area contributed by atoms with E-state index in [1.165, 1.54) is 21.0 Å². The Morgan fingerprint density at radius 1 is 0.925 bits per heavy atom. The minimum absolute atomic E-state index is 0.0278. The van der Waals surface area contributed by atoms with Crippen LogP contribution in [0.2, 0.25) is 0 Å². The van der Waals surface area contributed by atoms with Gasteiger partial charge in [0.25, 0.3) is 0 Å². The van der Waals surface area contributed by atoms with Crippen LogP contribution in [-0.4, -0.2) is 28.8 Å². The van der Waals surface area contributed by atoms with Crippen molar-refractivity contribution < 1.29 is 35.4 Å². The zero-order valence-corrected chi connectivity index (χ0v) is 27.0. The smallest absolute Gasteiger partial charge is 0.497 e. The zero-order chi connectivity index (χ0) is 29.4. The molecule has 2 aliphatic heterocycles. The Kier molecular flexibility index (Phi) is 7.73. The minimum atomic E-state index is -4.47. The number of ether oxygens (including phenoxy) is 1. The number of fused-ring (bicyclic) bond motifs is 2. The number of thioether (sulfide) groups is 1. The summed E-state index contributed by atoms with van der Waals surface area (Å²) < 4.78 is 103. The molecule has 0 radical (unpaired) electrons. The van der Waals surface area contributed by atoms with Crippen LogP contribution in [0.4, 0.5) is 26.2 Å². The topological polar surface area (TPSA) is 17.2 Å². The van der Waals surface area contributed by atoms with Crippen molar-refractivity contribution in [1.82, 2.24) is 4.48 Å². The van der Waals surface area contributed by atoms with Gasteiger partial charge in [0.2, 0.25) is 0 Å². The Morgan fingerprint density at radius 3 is 2.05 bits per heavy atom. The van der Waals surface area contributed by atoms with Crippen LogP contribution < -0.4 is 4.74 Å². The number of benzene rings is 2. The van der Waals surface area contributed by atoms with Gasteiger partial charge < -0.3 is 22.3 Å². The first-order chi connectivity index (χ1) is 18.7. The van der Waals surface area contributed by atoms with Crippen LogP contribution in [0.3, 0.4) is 0 Å². The second kappa shape index (κ2) is 10.4. The fourth-order valence-electron chi connectivity index (χ4n) is 5.35. The number of hydrogen-bond donors (Lipinski definition) is 0. The second-order valence-electron chi connectivity index (χ2n) is 9.55. The largest absolute Gasteiger partial charge is 0.737 e. The van der Waals surface area contributed by atoms with Gasteiger partial charge in [-0.05, 0) is 94.9 Å². The van der Waals surface area contributed by atoms with Crippen LogP contribution in [-0.2, 0) is 5.75 Å². The summed E-state index contributed by atoms with van der Waals surface area (Å²) in [6.45, 7) is 1.61. The summed E-state index contributed by atoms with van der Waals surface area (Å²) in [6, 6.07) is 6.66. The minimum Gasteiger partial charge on any atom is -0.497 e. The number of hydrogen-bond acceptors (Lipinski definition) is 2. The van der Waals surface area contributed by atoms with E-state index in [0.717, 1.165) is 8.96 Å². The molecule has 5 rings (SSSR count). The predicted molar refractivity (Wildman–Crippen MR) is 163 cm³/mol. The van der Waals surface area contributed by atoms with E-state index in [4.69, 9.17) is 4.74 Å². The quantitative estimate of drug-likeness (QED) is 0.0845. The lowest BCUT2D eigenvalue weighted by Gasteiger charge is -2.34. The van der Waals surface area contributed by atoms with Crippen molar-refractivity contribution in [2.75, 3.05) is 7.11 Å². The van der Waals surface area contributed by atoms with Crippen molar-refractivity contribution in [3.63, 3.8) is 0 Å². The zero-order valence-electron chi connectivity index (χ0n) is 21.8. The summed E-state index contributed by atoms with van der Waals surface area (Å²) in [5.41, 5.74) is 0.0752. The fraction of sp³-hybridized carbons (Fsp3) is 0.222. The van der Waals surface area contributed by atoms with E-state index in [0.29, 0.717) is 41.4 Å². The maximum atomic E-state index is 16.1. The number of allylic oxidation sites excluding steroid dienone is 2. The van der Waals surface area contributed by atoms with Crippen molar-refractivity contribution >= 4 is 75.2 Å². The molecule has 0 amide bonds. The lowest BCUT2D eigenvalue weighted by molar-refractivity contribution is -0.363. The first kappa shape index (κ1) is 29.6. The molecule has 0 fully saturated rings. The van der Waals surface area contributed by atoms with Crippen molar-refractivity contribution in [2.45, 2.75) is 38.3 Å². The molecule has 0 bridgehead atoms. The van der Waals surface area contributed by atoms with Gasteiger partial charge in [0.05, 0.1) is 26.7 Å². The monoisotopic (exact) mass is 800 g/mol. The molecule has 0 N–H and O–H groups in total. The standard InChI is InChI=1S/C27H21BF6I2N2OS/c1-11-23(35)13(3)37-25(11)18(26-12(2)24(36)14(4)38(26)28(37,33)34)17-19(29)21(31)27(22(32)20(17)30)40-10-15-6-8-16(39-5)9-7-15/h6-9H,10H2,1-5H3. The van der Waals surface area contributed by atoms with Crippen molar-refractivity contribution in [3.8, 4) is 5.75 Å². The maximum absolute atomic E-state index is 16.1. The van der Waals surface area contributed by atoms with Gasteiger partial charge in [-0.25, -0.2) is 17.6 Å². The predicted octanol–water partition coefficient (Wildman–Crippen LogP) is 8.76. The fourth-order valence-corrected chi connectivity index (χ4v) is 7.32. The third-order valence-electron chi connectivity index (χ3n) is 7.32. The Morgan fingerprint density at radius 2 is 1.50 bits per heavy atom. The second-order valence-corrected chi connectivity index (χ2v) is 12.7. The third-order valence-corrected chi connectivity index (χ3v) is 11.6. The van der Waals surface area contributed by atoms with E-state index in [1.54, 1.807) is 38.1 Å². The average Bonchev–Trinajstić information content (AvgIpc) is 3.30. The van der Waals surface area contributed by atoms with E-state index in [-0.39, 0.29) is 34.1 Å². The highest BCUT2D eigenvalue weighted by Gasteiger charge is 2.57. The molecule has 1 aromatic heterocycles. The molecule has 3 aromatic rings. The summed E-state index contributed by atoms with van der Waals surface area (Å²) in [4.78, 5) is -0.823. The summed E-state index contributed by atoms with van der Waals surface area (Å²) in [5.74, 6) is -5.81. The van der Waals surface area contributed by atoms with Gasteiger partial charge in [0.15, 0.2) is 29.0 Å². The molecule has 0 saturated heterocycles. The molecule has 0 saturated carbocycles. The molecule has 0 spiro atoms. The molecular formula is C27H21BF6I2N2OS. The van der Waals surface area contributed by atoms with Crippen LogP contribution in [0.1, 0.15) is 41.9 Å². The van der Waals surface area contributed by atoms with Gasteiger partial charge >= 0.3 is 6.97 Å². The Bertz CT molecular complexity index is 1680. The van der Waals surface area contributed by atoms with Gasteiger partial charge in [-0.2, -0.15) is 0 Å². The van der Waals surface area contributed by atoms with Gasteiger partial charge in [-0.15, -0.1) is 11.8 Å². The Hall–Kier alpha value is -1.88. The van der Waals surface area contributed by atoms with Crippen LogP contribution >= 0.6 is 56.9 Å². The molecule has 2 aliphatic rings. The van der Waals surface area contributed by atoms with E-state index >= 15 is 26.2 Å². The van der Waals surface area contributed by atoms with Crippen LogP contribution in [0.5, 0.6) is 5.75 Å². The van der Waals surface area contributed by atoms with E-state index in [9.17, 15) is 0 Å². The number of rotatable bonds is 5. The average molecular weight is 800 g/mol. The van der Waals surface area contributed by atoms with E-state index < -0.39 is 40.7 Å². The number of aromatic nitrogens is 1. The molecule has 40 heavy (non-hydrogen) atoms. The maximum Gasteiger partial charge on any atom is 0.737 e. The summed E-state index contributed by atoms with van der Waals surface area (Å²) in [7, 11) is 1.50. The van der Waals surface area contributed by atoms with Crippen molar-refractivity contribution in [3.05, 3.63) is 94.0 Å². The molecular weight excluding hydrogens is 779 g/mol. The molecule has 0 unspecified atom stereocenters. The molecule has 210 valence electrons. The van der Waals surface area contributed by atoms with Crippen molar-refractivity contribution in [2.24, 2.45) is 0 Å². The summed E-state index contributed by atoms with van der Waals surface area (Å²) in [5, 5.41) is 0. The van der Waals surface area contributed by atoms with Crippen LogP contribution in [0, 0.1) is 40.7 Å². The highest BCUT2D eigenvalue weighted by molar-refractivity contribution is 14.1. The Balaban J connectivity index is 1.76. The van der Waals surface area contributed by atoms with Crippen LogP contribution in [0.25, 0.3) is 5.57 Å². The summed E-state index contributed by atoms with van der Waals surface area (Å²) in [6.07, 6.45) is 0. The number of methoxy groups -OCH3 is 1. The van der Waals surface area contributed by atoms with Gasteiger partial charge in [-0.1, -0.05) is 12.1 Å². The third kappa shape index (κ3) is 4.19. The van der Waals surface area contributed by atoms with Gasteiger partial charge in [-0.3, -0.25) is 0 Å². The number of nitrogens with zero attached hydrogens (tertiary/aromatic N) is 2. The molecule has 3 nitrogen and oxygen atoms in total. The molecule has 0 atom stereocenters. The first-order valence-electron chi connectivity index (χ1n) is 12.0. The van der Waals surface area contributed by atoms with E-state index in [2.05, 4.69) is 0 Å². The molecule has 3 heterocycles. The van der Waals surface area contributed by atoms with Gasteiger partial charge in [0, 0.05) is 27.5 Å². The van der Waals surface area contributed by atoms with Crippen molar-refractivity contribution in [1.29, 1.82) is 0 Å². The summed E-state index contributed by atoms with van der Waals surface area (Å²) >= 11 is 4.40.